The topological polar surface area (TPSA) is 50.7 Å². The Kier molecular flexibility index (Phi) is 5.03. The molecular weight excluding hydrogens is 323 g/mol. The lowest BCUT2D eigenvalue weighted by atomic mass is 10.1. The molecule has 1 aliphatic rings. The summed E-state index contributed by atoms with van der Waals surface area (Å²) in [5, 5.41) is 4.13. The minimum atomic E-state index is -0.992. The van der Waals surface area contributed by atoms with Crippen LogP contribution in [0.15, 0.2) is 29.4 Å². The number of nitrogens with zero attached hydrogens (tertiary/aromatic N) is 1. The molecule has 2 rings (SSSR count). The lowest BCUT2D eigenvalue weighted by Gasteiger charge is -2.10. The van der Waals surface area contributed by atoms with Gasteiger partial charge in [-0.3, -0.25) is 4.79 Å². The first-order chi connectivity index (χ1) is 10.3. The van der Waals surface area contributed by atoms with Crippen LogP contribution in [0.5, 0.6) is 5.75 Å². The fraction of sp³-hybridized carbons (Fsp3) is 0.500. The van der Waals surface area contributed by atoms with E-state index in [9.17, 15) is 4.79 Å². The number of hydrazone groups is 1. The van der Waals surface area contributed by atoms with Crippen molar-refractivity contribution in [2.24, 2.45) is 10.5 Å². The highest BCUT2D eigenvalue weighted by Gasteiger charge is 2.68. The summed E-state index contributed by atoms with van der Waals surface area (Å²) in [6.45, 7) is 6.27. The third kappa shape index (κ3) is 3.55. The molecule has 0 spiro atoms. The van der Waals surface area contributed by atoms with Crippen molar-refractivity contribution < 1.29 is 9.53 Å². The van der Waals surface area contributed by atoms with Gasteiger partial charge in [-0.05, 0) is 38.8 Å². The fourth-order valence-corrected chi connectivity index (χ4v) is 2.71. The van der Waals surface area contributed by atoms with Crippen LogP contribution in [-0.2, 0) is 4.79 Å². The molecule has 1 aromatic carbocycles. The SMILES string of the molecule is CCCOc1cccc(/C(C)=N\NC(=O)[C@]2(C)CC2(Cl)Cl)c1. The van der Waals surface area contributed by atoms with Gasteiger partial charge in [-0.15, -0.1) is 23.2 Å². The number of hydrogen-bond acceptors (Lipinski definition) is 3. The minimum absolute atomic E-state index is 0.268. The third-order valence-electron chi connectivity index (χ3n) is 3.81. The summed E-state index contributed by atoms with van der Waals surface area (Å²) in [5.74, 6) is 0.519. The van der Waals surface area contributed by atoms with Crippen molar-refractivity contribution in [3.8, 4) is 5.75 Å². The summed E-state index contributed by atoms with van der Waals surface area (Å²) in [6, 6.07) is 7.60. The number of benzene rings is 1. The van der Waals surface area contributed by atoms with Crippen molar-refractivity contribution in [3.05, 3.63) is 29.8 Å². The molecule has 120 valence electrons. The Bertz CT molecular complexity index is 602. The van der Waals surface area contributed by atoms with Crippen LogP contribution in [0.25, 0.3) is 0 Å². The van der Waals surface area contributed by atoms with Crippen molar-refractivity contribution in [1.29, 1.82) is 0 Å². The number of hydrogen-bond donors (Lipinski definition) is 1. The maximum Gasteiger partial charge on any atom is 0.249 e. The number of ether oxygens (including phenoxy) is 1. The summed E-state index contributed by atoms with van der Waals surface area (Å²) in [6.07, 6.45) is 1.38. The maximum absolute atomic E-state index is 12.1. The minimum Gasteiger partial charge on any atom is -0.494 e. The smallest absolute Gasteiger partial charge is 0.249 e. The Hall–Kier alpha value is -1.26. The van der Waals surface area contributed by atoms with Gasteiger partial charge in [0.25, 0.3) is 0 Å². The van der Waals surface area contributed by atoms with Gasteiger partial charge in [0.1, 0.15) is 10.1 Å². The Morgan fingerprint density at radius 3 is 2.73 bits per heavy atom. The van der Waals surface area contributed by atoms with E-state index in [0.717, 1.165) is 17.7 Å². The van der Waals surface area contributed by atoms with E-state index < -0.39 is 9.75 Å². The zero-order valence-electron chi connectivity index (χ0n) is 13.0. The molecule has 0 unspecified atom stereocenters. The van der Waals surface area contributed by atoms with Crippen molar-refractivity contribution in [3.63, 3.8) is 0 Å². The van der Waals surface area contributed by atoms with Crippen LogP contribution in [0.3, 0.4) is 0 Å². The Balaban J connectivity index is 2.02. The van der Waals surface area contributed by atoms with Gasteiger partial charge >= 0.3 is 0 Å². The van der Waals surface area contributed by atoms with Crippen LogP contribution in [0.1, 0.15) is 39.2 Å². The molecule has 22 heavy (non-hydrogen) atoms. The summed E-state index contributed by atoms with van der Waals surface area (Å²) < 4.78 is 4.59. The Labute approximate surface area is 140 Å². The van der Waals surface area contributed by atoms with Crippen molar-refractivity contribution in [2.45, 2.75) is 37.9 Å². The number of carbonyl (C=O) groups is 1. The van der Waals surface area contributed by atoms with Crippen molar-refractivity contribution >= 4 is 34.8 Å². The standard InChI is InChI=1S/C16H20Cl2N2O2/c1-4-8-22-13-7-5-6-12(9-13)11(2)19-20-14(21)15(3)10-16(15,17)18/h5-7,9H,4,8,10H2,1-3H3,(H,20,21)/b19-11-/t15-/m0/s1. The average molecular weight is 343 g/mol. The van der Waals surface area contributed by atoms with Crippen LogP contribution < -0.4 is 10.2 Å². The molecule has 0 radical (unpaired) electrons. The molecule has 0 aromatic heterocycles. The van der Waals surface area contributed by atoms with E-state index in [2.05, 4.69) is 17.5 Å². The first-order valence-corrected chi connectivity index (χ1v) is 8.01. The van der Waals surface area contributed by atoms with Crippen molar-refractivity contribution in [1.82, 2.24) is 5.43 Å². The molecule has 1 fully saturated rings. The molecule has 1 atom stereocenters. The zero-order chi connectivity index (χ0) is 16.4. The number of alkyl halides is 2. The van der Waals surface area contributed by atoms with E-state index in [0.29, 0.717) is 18.7 Å². The van der Waals surface area contributed by atoms with Crippen LogP contribution in [-0.4, -0.2) is 22.6 Å². The first kappa shape index (κ1) is 17.1. The zero-order valence-corrected chi connectivity index (χ0v) is 14.5. The van der Waals surface area contributed by atoms with Crippen LogP contribution in [0, 0.1) is 5.41 Å². The fourth-order valence-electron chi connectivity index (χ4n) is 2.00. The number of nitrogens with one attached hydrogen (secondary N) is 1. The van der Waals surface area contributed by atoms with Gasteiger partial charge in [0.05, 0.1) is 17.7 Å². The number of amides is 1. The van der Waals surface area contributed by atoms with Gasteiger partial charge in [0.2, 0.25) is 5.91 Å². The summed E-state index contributed by atoms with van der Waals surface area (Å²) in [5.41, 5.74) is 3.35. The highest BCUT2D eigenvalue weighted by Crippen LogP contribution is 2.63. The largest absolute Gasteiger partial charge is 0.494 e. The van der Waals surface area contributed by atoms with E-state index in [1.165, 1.54) is 0 Å². The quantitative estimate of drug-likeness (QED) is 0.484. The lowest BCUT2D eigenvalue weighted by Crippen LogP contribution is -2.30. The van der Waals surface area contributed by atoms with E-state index in [1.54, 1.807) is 6.92 Å². The molecule has 0 heterocycles. The highest BCUT2D eigenvalue weighted by molar-refractivity contribution is 6.53. The number of carbonyl (C=O) groups excluding carboxylic acids is 1. The monoisotopic (exact) mass is 342 g/mol. The molecule has 1 N–H and O–H groups in total. The molecule has 0 bridgehead atoms. The van der Waals surface area contributed by atoms with Gasteiger partial charge in [-0.25, -0.2) is 5.43 Å². The van der Waals surface area contributed by atoms with Crippen molar-refractivity contribution in [2.75, 3.05) is 6.61 Å². The van der Waals surface area contributed by atoms with Crippen LogP contribution >= 0.6 is 23.2 Å². The molecular formula is C16H20Cl2N2O2. The predicted molar refractivity (Wildman–Crippen MR) is 89.7 cm³/mol. The molecule has 1 amide bonds. The Morgan fingerprint density at radius 2 is 2.14 bits per heavy atom. The Morgan fingerprint density at radius 1 is 1.45 bits per heavy atom. The molecule has 1 saturated carbocycles. The third-order valence-corrected chi connectivity index (χ3v) is 4.91. The van der Waals surface area contributed by atoms with Gasteiger partial charge in [-0.2, -0.15) is 5.10 Å². The van der Waals surface area contributed by atoms with Gasteiger partial charge in [0.15, 0.2) is 0 Å². The van der Waals surface area contributed by atoms with E-state index in [1.807, 2.05) is 31.2 Å². The first-order valence-electron chi connectivity index (χ1n) is 7.26. The van der Waals surface area contributed by atoms with Gasteiger partial charge in [-0.1, -0.05) is 19.1 Å². The lowest BCUT2D eigenvalue weighted by molar-refractivity contribution is -0.125. The second-order valence-corrected chi connectivity index (χ2v) is 7.21. The molecule has 6 heteroatoms. The highest BCUT2D eigenvalue weighted by atomic mass is 35.5. The molecule has 4 nitrogen and oxygen atoms in total. The second-order valence-electron chi connectivity index (χ2n) is 5.73. The number of halogens is 2. The average Bonchev–Trinajstić information content (AvgIpc) is 3.02. The van der Waals surface area contributed by atoms with E-state index >= 15 is 0 Å². The molecule has 0 saturated heterocycles. The summed E-state index contributed by atoms with van der Waals surface area (Å²) >= 11 is 12.0. The van der Waals surface area contributed by atoms with Gasteiger partial charge < -0.3 is 4.74 Å². The van der Waals surface area contributed by atoms with E-state index in [-0.39, 0.29) is 5.91 Å². The second kappa shape index (κ2) is 6.47. The normalized spacial score (nSPS) is 23.0. The van der Waals surface area contributed by atoms with Crippen LogP contribution in [0.2, 0.25) is 0 Å². The molecule has 0 aliphatic heterocycles. The molecule has 1 aromatic rings. The number of rotatable bonds is 6. The van der Waals surface area contributed by atoms with E-state index in [4.69, 9.17) is 27.9 Å². The maximum atomic E-state index is 12.1. The van der Waals surface area contributed by atoms with Gasteiger partial charge in [0, 0.05) is 5.56 Å². The molecule has 1 aliphatic carbocycles. The van der Waals surface area contributed by atoms with Crippen LogP contribution in [0.4, 0.5) is 0 Å². The summed E-state index contributed by atoms with van der Waals surface area (Å²) in [4.78, 5) is 12.1. The predicted octanol–water partition coefficient (Wildman–Crippen LogP) is 3.90. The summed E-state index contributed by atoms with van der Waals surface area (Å²) in [7, 11) is 0.